The van der Waals surface area contributed by atoms with Crippen LogP contribution in [0.15, 0.2) is 17.3 Å². The van der Waals surface area contributed by atoms with Gasteiger partial charge in [0.2, 0.25) is 10.0 Å². The fourth-order valence-corrected chi connectivity index (χ4v) is 5.47. The topological polar surface area (TPSA) is 75.4 Å². The second-order valence-electron chi connectivity index (χ2n) is 6.19. The van der Waals surface area contributed by atoms with E-state index in [1.54, 1.807) is 17.5 Å². The van der Waals surface area contributed by atoms with Crippen LogP contribution in [0.25, 0.3) is 0 Å². The van der Waals surface area contributed by atoms with E-state index < -0.39 is 10.0 Å². The second kappa shape index (κ2) is 5.70. The van der Waals surface area contributed by atoms with E-state index in [1.165, 1.54) is 10.9 Å². The Hall–Kier alpha value is -0.920. The summed E-state index contributed by atoms with van der Waals surface area (Å²) in [5.74, 6) is 0.0803. The minimum absolute atomic E-state index is 0.0681. The molecular formula is C14H23N3O3S. The van der Waals surface area contributed by atoms with Gasteiger partial charge in [-0.15, -0.1) is 0 Å². The summed E-state index contributed by atoms with van der Waals surface area (Å²) >= 11 is 0. The molecule has 21 heavy (non-hydrogen) atoms. The second-order valence-corrected chi connectivity index (χ2v) is 8.08. The molecule has 2 heterocycles. The van der Waals surface area contributed by atoms with Crippen molar-refractivity contribution in [2.45, 2.75) is 55.6 Å². The van der Waals surface area contributed by atoms with Crippen molar-refractivity contribution in [1.29, 1.82) is 0 Å². The molecule has 2 aliphatic rings. The molecule has 7 heteroatoms. The van der Waals surface area contributed by atoms with Crippen molar-refractivity contribution in [3.63, 3.8) is 0 Å². The van der Waals surface area contributed by atoms with Crippen LogP contribution in [0.3, 0.4) is 0 Å². The van der Waals surface area contributed by atoms with Crippen LogP contribution in [0.5, 0.6) is 0 Å². The standard InChI is InChI=1S/C14H23N3O3S/c1-16-10-11(9-15-16)21(19,20)17-8-3-2-6-13(17)12-5-4-7-14(12)18/h9-10,12-14,18H,2-8H2,1H3. The van der Waals surface area contributed by atoms with Crippen molar-refractivity contribution >= 4 is 10.0 Å². The first-order valence-corrected chi connectivity index (χ1v) is 9.13. The smallest absolute Gasteiger partial charge is 0.246 e. The van der Waals surface area contributed by atoms with Gasteiger partial charge in [0.15, 0.2) is 0 Å². The minimum atomic E-state index is -3.51. The predicted molar refractivity (Wildman–Crippen MR) is 78.1 cm³/mol. The van der Waals surface area contributed by atoms with E-state index in [-0.39, 0.29) is 23.0 Å². The highest BCUT2D eigenvalue weighted by Crippen LogP contribution is 2.37. The molecule has 1 aromatic heterocycles. The van der Waals surface area contributed by atoms with Gasteiger partial charge in [0, 0.05) is 31.7 Å². The molecule has 0 spiro atoms. The van der Waals surface area contributed by atoms with Crippen LogP contribution >= 0.6 is 0 Å². The van der Waals surface area contributed by atoms with Gasteiger partial charge in [0.1, 0.15) is 4.90 Å². The lowest BCUT2D eigenvalue weighted by Crippen LogP contribution is -2.49. The first-order chi connectivity index (χ1) is 10.00. The average molecular weight is 313 g/mol. The lowest BCUT2D eigenvalue weighted by atomic mass is 9.89. The average Bonchev–Trinajstić information content (AvgIpc) is 3.08. The van der Waals surface area contributed by atoms with Crippen LogP contribution in [0.1, 0.15) is 38.5 Å². The molecule has 3 rings (SSSR count). The van der Waals surface area contributed by atoms with Crippen molar-refractivity contribution in [2.75, 3.05) is 6.54 Å². The maximum absolute atomic E-state index is 12.9. The molecule has 2 fully saturated rings. The molecule has 1 N–H and O–H groups in total. The number of hydrogen-bond acceptors (Lipinski definition) is 4. The van der Waals surface area contributed by atoms with Crippen molar-refractivity contribution < 1.29 is 13.5 Å². The molecule has 0 bridgehead atoms. The maximum Gasteiger partial charge on any atom is 0.246 e. The van der Waals surface area contributed by atoms with Gasteiger partial charge in [-0.2, -0.15) is 9.40 Å². The predicted octanol–water partition coefficient (Wildman–Crippen LogP) is 1.12. The van der Waals surface area contributed by atoms with Crippen molar-refractivity contribution in [1.82, 2.24) is 14.1 Å². The molecule has 1 aliphatic heterocycles. The van der Waals surface area contributed by atoms with E-state index in [1.807, 2.05) is 0 Å². The molecule has 1 aromatic rings. The van der Waals surface area contributed by atoms with Crippen molar-refractivity contribution in [2.24, 2.45) is 13.0 Å². The molecule has 118 valence electrons. The zero-order valence-corrected chi connectivity index (χ0v) is 13.2. The summed E-state index contributed by atoms with van der Waals surface area (Å²) in [5, 5.41) is 14.1. The quantitative estimate of drug-likeness (QED) is 0.907. The number of aryl methyl sites for hydroxylation is 1. The Morgan fingerprint density at radius 2 is 2.05 bits per heavy atom. The summed E-state index contributed by atoms with van der Waals surface area (Å²) in [6.07, 6.45) is 8.07. The van der Waals surface area contributed by atoms with Crippen LogP contribution in [0.2, 0.25) is 0 Å². The fraction of sp³-hybridized carbons (Fsp3) is 0.786. The summed E-state index contributed by atoms with van der Waals surface area (Å²) in [5.41, 5.74) is 0. The number of aliphatic hydroxyl groups is 1. The first kappa shape index (κ1) is 15.0. The number of sulfonamides is 1. The number of nitrogens with zero attached hydrogens (tertiary/aromatic N) is 3. The highest BCUT2D eigenvalue weighted by atomic mass is 32.2. The van der Waals surface area contributed by atoms with Crippen LogP contribution < -0.4 is 0 Å². The number of piperidine rings is 1. The van der Waals surface area contributed by atoms with Crippen molar-refractivity contribution in [3.05, 3.63) is 12.4 Å². The zero-order chi connectivity index (χ0) is 15.0. The Bertz CT molecular complexity index is 598. The monoisotopic (exact) mass is 313 g/mol. The van der Waals surface area contributed by atoms with E-state index in [0.717, 1.165) is 38.5 Å². The zero-order valence-electron chi connectivity index (χ0n) is 12.4. The number of aromatic nitrogens is 2. The highest BCUT2D eigenvalue weighted by Gasteiger charge is 2.42. The summed E-state index contributed by atoms with van der Waals surface area (Å²) in [4.78, 5) is 0.254. The number of rotatable bonds is 3. The van der Waals surface area contributed by atoms with E-state index >= 15 is 0 Å². The summed E-state index contributed by atoms with van der Waals surface area (Å²) in [7, 11) is -1.80. The van der Waals surface area contributed by atoms with Crippen LogP contribution in [0.4, 0.5) is 0 Å². The van der Waals surface area contributed by atoms with Gasteiger partial charge >= 0.3 is 0 Å². The maximum atomic E-state index is 12.9. The number of aliphatic hydroxyl groups excluding tert-OH is 1. The third-order valence-corrected chi connectivity index (χ3v) is 6.69. The third kappa shape index (κ3) is 2.74. The van der Waals surface area contributed by atoms with Gasteiger partial charge in [0.05, 0.1) is 12.3 Å². The van der Waals surface area contributed by atoms with Gasteiger partial charge in [-0.3, -0.25) is 4.68 Å². The highest BCUT2D eigenvalue weighted by molar-refractivity contribution is 7.89. The van der Waals surface area contributed by atoms with Gasteiger partial charge < -0.3 is 5.11 Å². The Kier molecular flexibility index (Phi) is 4.07. The molecule has 6 nitrogen and oxygen atoms in total. The van der Waals surface area contributed by atoms with Gasteiger partial charge in [-0.25, -0.2) is 8.42 Å². The minimum Gasteiger partial charge on any atom is -0.393 e. The summed E-state index contributed by atoms with van der Waals surface area (Å²) in [6, 6.07) is -0.0681. The van der Waals surface area contributed by atoms with Gasteiger partial charge in [0.25, 0.3) is 0 Å². The van der Waals surface area contributed by atoms with E-state index in [4.69, 9.17) is 0 Å². The van der Waals surface area contributed by atoms with Crippen LogP contribution in [0, 0.1) is 5.92 Å². The Morgan fingerprint density at radius 3 is 2.67 bits per heavy atom. The van der Waals surface area contributed by atoms with E-state index in [9.17, 15) is 13.5 Å². The largest absolute Gasteiger partial charge is 0.393 e. The third-order valence-electron chi connectivity index (χ3n) is 4.81. The van der Waals surface area contributed by atoms with Crippen LogP contribution in [-0.4, -0.2) is 46.3 Å². The van der Waals surface area contributed by atoms with Crippen molar-refractivity contribution in [3.8, 4) is 0 Å². The Balaban J connectivity index is 1.90. The molecule has 3 atom stereocenters. The normalized spacial score (nSPS) is 31.6. The summed E-state index contributed by atoms with van der Waals surface area (Å²) in [6.45, 7) is 0.547. The molecule has 0 aromatic carbocycles. The molecule has 1 saturated heterocycles. The molecule has 1 aliphatic carbocycles. The summed E-state index contributed by atoms with van der Waals surface area (Å²) < 4.78 is 28.9. The molecule has 0 radical (unpaired) electrons. The fourth-order valence-electron chi connectivity index (χ4n) is 3.74. The number of hydrogen-bond donors (Lipinski definition) is 1. The van der Waals surface area contributed by atoms with E-state index in [0.29, 0.717) is 6.54 Å². The molecular weight excluding hydrogens is 290 g/mol. The molecule has 3 unspecified atom stereocenters. The Labute approximate surface area is 125 Å². The SMILES string of the molecule is Cn1cc(S(=O)(=O)N2CCCCC2C2CCCC2O)cn1. The van der Waals surface area contributed by atoms with Crippen LogP contribution in [-0.2, 0) is 17.1 Å². The van der Waals surface area contributed by atoms with E-state index in [2.05, 4.69) is 5.10 Å². The van der Waals surface area contributed by atoms with Gasteiger partial charge in [-0.1, -0.05) is 12.8 Å². The van der Waals surface area contributed by atoms with Gasteiger partial charge in [-0.05, 0) is 25.7 Å². The molecule has 1 saturated carbocycles. The lowest BCUT2D eigenvalue weighted by Gasteiger charge is -2.39. The first-order valence-electron chi connectivity index (χ1n) is 7.69. The lowest BCUT2D eigenvalue weighted by molar-refractivity contribution is 0.0723. The Morgan fingerprint density at radius 1 is 1.24 bits per heavy atom. The molecule has 0 amide bonds.